The molecule has 0 atom stereocenters. The van der Waals surface area contributed by atoms with Gasteiger partial charge >= 0.3 is 0 Å². The molecule has 0 bridgehead atoms. The first kappa shape index (κ1) is 21.1. The molecule has 2 aromatic carbocycles. The van der Waals surface area contributed by atoms with Crippen LogP contribution in [0.1, 0.15) is 30.6 Å². The SMILES string of the molecule is COc1ccc(OCC(=O)NNC(=O)c2cccc(OCCC(C)C)c2)cc1. The number of nitrogens with one attached hydrogen (secondary N) is 2. The molecule has 150 valence electrons. The van der Waals surface area contributed by atoms with Crippen LogP contribution in [-0.2, 0) is 4.79 Å². The molecular formula is C21H26N2O5. The second kappa shape index (κ2) is 10.8. The molecule has 0 aliphatic rings. The van der Waals surface area contributed by atoms with Crippen molar-refractivity contribution in [2.75, 3.05) is 20.3 Å². The second-order valence-electron chi connectivity index (χ2n) is 6.53. The van der Waals surface area contributed by atoms with Crippen molar-refractivity contribution in [3.63, 3.8) is 0 Å². The van der Waals surface area contributed by atoms with Gasteiger partial charge in [0.15, 0.2) is 6.61 Å². The highest BCUT2D eigenvalue weighted by Gasteiger charge is 2.09. The molecule has 0 aliphatic carbocycles. The minimum Gasteiger partial charge on any atom is -0.497 e. The lowest BCUT2D eigenvalue weighted by molar-refractivity contribution is -0.123. The first-order chi connectivity index (χ1) is 13.5. The van der Waals surface area contributed by atoms with Crippen LogP contribution in [0.2, 0.25) is 0 Å². The van der Waals surface area contributed by atoms with Crippen LogP contribution in [0.15, 0.2) is 48.5 Å². The number of ether oxygens (including phenoxy) is 3. The molecule has 2 amide bonds. The van der Waals surface area contributed by atoms with Crippen LogP contribution in [0.4, 0.5) is 0 Å². The van der Waals surface area contributed by atoms with Gasteiger partial charge in [0.1, 0.15) is 17.2 Å². The highest BCUT2D eigenvalue weighted by molar-refractivity contribution is 5.95. The molecular weight excluding hydrogens is 360 g/mol. The molecule has 0 spiro atoms. The summed E-state index contributed by atoms with van der Waals surface area (Å²) in [6.07, 6.45) is 0.931. The molecule has 7 nitrogen and oxygen atoms in total. The maximum absolute atomic E-state index is 12.2. The van der Waals surface area contributed by atoms with E-state index in [2.05, 4.69) is 24.7 Å². The summed E-state index contributed by atoms with van der Waals surface area (Å²) in [5.74, 6) is 1.46. The van der Waals surface area contributed by atoms with Gasteiger partial charge in [0, 0.05) is 5.56 Å². The zero-order chi connectivity index (χ0) is 20.4. The van der Waals surface area contributed by atoms with Crippen LogP contribution in [0.25, 0.3) is 0 Å². The Hall–Kier alpha value is -3.22. The summed E-state index contributed by atoms with van der Waals surface area (Å²) in [7, 11) is 1.57. The van der Waals surface area contributed by atoms with E-state index in [4.69, 9.17) is 14.2 Å². The third-order valence-corrected chi connectivity index (χ3v) is 3.80. The Balaban J connectivity index is 1.76. The van der Waals surface area contributed by atoms with Crippen molar-refractivity contribution in [1.29, 1.82) is 0 Å². The molecule has 28 heavy (non-hydrogen) atoms. The summed E-state index contributed by atoms with van der Waals surface area (Å²) in [4.78, 5) is 24.0. The average Bonchev–Trinajstić information content (AvgIpc) is 2.70. The highest BCUT2D eigenvalue weighted by atomic mass is 16.5. The molecule has 2 N–H and O–H groups in total. The Morgan fingerprint density at radius 1 is 0.929 bits per heavy atom. The molecule has 0 heterocycles. The van der Waals surface area contributed by atoms with E-state index in [1.807, 2.05) is 0 Å². The zero-order valence-corrected chi connectivity index (χ0v) is 16.4. The Bertz CT molecular complexity index is 775. The van der Waals surface area contributed by atoms with Crippen molar-refractivity contribution < 1.29 is 23.8 Å². The summed E-state index contributed by atoms with van der Waals surface area (Å²) in [6, 6.07) is 13.6. The van der Waals surface area contributed by atoms with Crippen LogP contribution in [0.3, 0.4) is 0 Å². The monoisotopic (exact) mass is 386 g/mol. The van der Waals surface area contributed by atoms with Crippen LogP contribution >= 0.6 is 0 Å². The van der Waals surface area contributed by atoms with Crippen LogP contribution in [0, 0.1) is 5.92 Å². The summed E-state index contributed by atoms with van der Waals surface area (Å²) >= 11 is 0. The van der Waals surface area contributed by atoms with Gasteiger partial charge in [-0.05, 0) is 54.8 Å². The quantitative estimate of drug-likeness (QED) is 0.647. The maximum Gasteiger partial charge on any atom is 0.276 e. The molecule has 0 radical (unpaired) electrons. The van der Waals surface area contributed by atoms with E-state index < -0.39 is 11.8 Å². The third kappa shape index (κ3) is 7.19. The van der Waals surface area contributed by atoms with Crippen LogP contribution in [-0.4, -0.2) is 32.1 Å². The number of methoxy groups -OCH3 is 1. The van der Waals surface area contributed by atoms with Gasteiger partial charge in [-0.1, -0.05) is 19.9 Å². The minimum absolute atomic E-state index is 0.231. The van der Waals surface area contributed by atoms with E-state index in [9.17, 15) is 9.59 Å². The lowest BCUT2D eigenvalue weighted by Crippen LogP contribution is -2.43. The topological polar surface area (TPSA) is 85.9 Å². The Morgan fingerprint density at radius 3 is 2.32 bits per heavy atom. The Morgan fingerprint density at radius 2 is 1.64 bits per heavy atom. The third-order valence-electron chi connectivity index (χ3n) is 3.80. The molecule has 0 fully saturated rings. The first-order valence-electron chi connectivity index (χ1n) is 9.07. The molecule has 2 rings (SSSR count). The van der Waals surface area contributed by atoms with Crippen molar-refractivity contribution in [2.24, 2.45) is 5.92 Å². The molecule has 0 unspecified atom stereocenters. The smallest absolute Gasteiger partial charge is 0.276 e. The fourth-order valence-corrected chi connectivity index (χ4v) is 2.20. The number of amides is 2. The molecule has 0 saturated heterocycles. The normalized spacial score (nSPS) is 10.3. The summed E-state index contributed by atoms with van der Waals surface area (Å²) in [5.41, 5.74) is 5.07. The predicted molar refractivity (Wildman–Crippen MR) is 105 cm³/mol. The van der Waals surface area contributed by atoms with Gasteiger partial charge in [-0.2, -0.15) is 0 Å². The van der Waals surface area contributed by atoms with E-state index in [-0.39, 0.29) is 6.61 Å². The number of carbonyl (C=O) groups excluding carboxylic acids is 2. The van der Waals surface area contributed by atoms with Gasteiger partial charge < -0.3 is 14.2 Å². The van der Waals surface area contributed by atoms with Gasteiger partial charge in [-0.25, -0.2) is 0 Å². The highest BCUT2D eigenvalue weighted by Crippen LogP contribution is 2.17. The van der Waals surface area contributed by atoms with E-state index in [1.54, 1.807) is 55.6 Å². The van der Waals surface area contributed by atoms with E-state index >= 15 is 0 Å². The molecule has 0 aromatic heterocycles. The maximum atomic E-state index is 12.2. The van der Waals surface area contributed by atoms with Gasteiger partial charge in [-0.3, -0.25) is 20.4 Å². The summed E-state index contributed by atoms with van der Waals surface area (Å²) in [5, 5.41) is 0. The molecule has 2 aromatic rings. The predicted octanol–water partition coefficient (Wildman–Crippen LogP) is 2.96. The largest absolute Gasteiger partial charge is 0.497 e. The van der Waals surface area contributed by atoms with Crippen LogP contribution < -0.4 is 25.1 Å². The van der Waals surface area contributed by atoms with Crippen molar-refractivity contribution in [3.05, 3.63) is 54.1 Å². The molecule has 0 saturated carbocycles. The van der Waals surface area contributed by atoms with Gasteiger partial charge in [-0.15, -0.1) is 0 Å². The summed E-state index contributed by atoms with van der Waals surface area (Å²) < 4.78 is 16.0. The van der Waals surface area contributed by atoms with Crippen molar-refractivity contribution >= 4 is 11.8 Å². The number of rotatable bonds is 9. The van der Waals surface area contributed by atoms with Crippen molar-refractivity contribution in [3.8, 4) is 17.2 Å². The summed E-state index contributed by atoms with van der Waals surface area (Å²) in [6.45, 7) is 4.59. The molecule has 7 heteroatoms. The van der Waals surface area contributed by atoms with Crippen molar-refractivity contribution in [1.82, 2.24) is 10.9 Å². The van der Waals surface area contributed by atoms with Gasteiger partial charge in [0.05, 0.1) is 13.7 Å². The Kier molecular flexibility index (Phi) is 8.14. The zero-order valence-electron chi connectivity index (χ0n) is 16.4. The van der Waals surface area contributed by atoms with E-state index in [1.165, 1.54) is 0 Å². The van der Waals surface area contributed by atoms with E-state index in [0.29, 0.717) is 35.3 Å². The number of hydrogen-bond acceptors (Lipinski definition) is 5. The fourth-order valence-electron chi connectivity index (χ4n) is 2.20. The second-order valence-corrected chi connectivity index (χ2v) is 6.53. The van der Waals surface area contributed by atoms with Crippen molar-refractivity contribution in [2.45, 2.75) is 20.3 Å². The molecule has 0 aliphatic heterocycles. The number of hydrazine groups is 1. The lowest BCUT2D eigenvalue weighted by atomic mass is 10.1. The fraction of sp³-hybridized carbons (Fsp3) is 0.333. The minimum atomic E-state index is -0.478. The number of hydrogen-bond donors (Lipinski definition) is 2. The average molecular weight is 386 g/mol. The standard InChI is InChI=1S/C21H26N2O5/c1-15(2)11-12-27-19-6-4-5-16(13-19)21(25)23-22-20(24)14-28-18-9-7-17(26-3)8-10-18/h4-10,13,15H,11-12,14H2,1-3H3,(H,22,24)(H,23,25). The first-order valence-corrected chi connectivity index (χ1v) is 9.07. The van der Waals surface area contributed by atoms with Crippen LogP contribution in [0.5, 0.6) is 17.2 Å². The lowest BCUT2D eigenvalue weighted by Gasteiger charge is -2.11. The van der Waals surface area contributed by atoms with E-state index in [0.717, 1.165) is 6.42 Å². The van der Waals surface area contributed by atoms with Gasteiger partial charge in [0.2, 0.25) is 0 Å². The number of carbonyl (C=O) groups is 2. The van der Waals surface area contributed by atoms with Gasteiger partial charge in [0.25, 0.3) is 11.8 Å². The Labute approximate surface area is 165 Å². The number of benzene rings is 2.